The third-order valence-corrected chi connectivity index (χ3v) is 2.97. The fourth-order valence-electron chi connectivity index (χ4n) is 2.02. The molecule has 13 heavy (non-hydrogen) atoms. The third-order valence-electron chi connectivity index (χ3n) is 2.97. The molecule has 2 fully saturated rings. The Labute approximate surface area is 104 Å². The van der Waals surface area contributed by atoms with Crippen LogP contribution in [-0.2, 0) is 42.2 Å². The standard InChI is InChI=1S/C9H16O3.Y/c1-7-2-3-9(6-8(7)10)11-4-5-12-9;/h7-8,10H,2-6H2,1H3;. The van der Waals surface area contributed by atoms with Crippen molar-refractivity contribution < 1.29 is 47.3 Å². The molecule has 2 aliphatic rings. The van der Waals surface area contributed by atoms with Gasteiger partial charge in [0.1, 0.15) is 0 Å². The summed E-state index contributed by atoms with van der Waals surface area (Å²) < 4.78 is 11.0. The molecule has 1 saturated heterocycles. The predicted octanol–water partition coefficient (Wildman–Crippen LogP) is 0.908. The molecular weight excluding hydrogens is 245 g/mol. The fourth-order valence-corrected chi connectivity index (χ4v) is 2.02. The van der Waals surface area contributed by atoms with Crippen LogP contribution in [0.3, 0.4) is 0 Å². The Morgan fingerprint density at radius 2 is 1.92 bits per heavy atom. The minimum absolute atomic E-state index is 0. The maximum Gasteiger partial charge on any atom is 0.170 e. The predicted molar refractivity (Wildman–Crippen MR) is 43.7 cm³/mol. The van der Waals surface area contributed by atoms with Gasteiger partial charge in [0.05, 0.1) is 19.3 Å². The minimum atomic E-state index is -0.425. The van der Waals surface area contributed by atoms with Gasteiger partial charge in [-0.3, -0.25) is 0 Å². The normalized spacial score (nSPS) is 37.4. The van der Waals surface area contributed by atoms with E-state index in [1.165, 1.54) is 0 Å². The van der Waals surface area contributed by atoms with Gasteiger partial charge in [-0.25, -0.2) is 0 Å². The van der Waals surface area contributed by atoms with Gasteiger partial charge >= 0.3 is 0 Å². The molecular formula is C9H16O3Y. The van der Waals surface area contributed by atoms with Crippen molar-refractivity contribution in [3.8, 4) is 0 Å². The molecule has 1 heterocycles. The monoisotopic (exact) mass is 261 g/mol. The molecule has 3 nitrogen and oxygen atoms in total. The summed E-state index contributed by atoms with van der Waals surface area (Å²) in [4.78, 5) is 0. The van der Waals surface area contributed by atoms with Crippen LogP contribution < -0.4 is 0 Å². The van der Waals surface area contributed by atoms with Crippen LogP contribution in [0, 0.1) is 5.92 Å². The topological polar surface area (TPSA) is 38.7 Å². The summed E-state index contributed by atoms with van der Waals surface area (Å²) >= 11 is 0. The Bertz CT molecular complexity index is 168. The van der Waals surface area contributed by atoms with Gasteiger partial charge in [-0.05, 0) is 12.3 Å². The zero-order valence-corrected chi connectivity index (χ0v) is 10.9. The van der Waals surface area contributed by atoms with Crippen molar-refractivity contribution in [1.82, 2.24) is 0 Å². The molecule has 1 aliphatic carbocycles. The van der Waals surface area contributed by atoms with E-state index in [4.69, 9.17) is 9.47 Å². The van der Waals surface area contributed by atoms with Crippen molar-refractivity contribution in [2.45, 2.75) is 38.1 Å². The Kier molecular flexibility index (Phi) is 4.33. The first kappa shape index (κ1) is 12.1. The van der Waals surface area contributed by atoms with Crippen molar-refractivity contribution in [3.05, 3.63) is 0 Å². The summed E-state index contributed by atoms with van der Waals surface area (Å²) in [6.07, 6.45) is 2.33. The smallest absolute Gasteiger partial charge is 0.170 e. The molecule has 1 saturated carbocycles. The minimum Gasteiger partial charge on any atom is -0.393 e. The summed E-state index contributed by atoms with van der Waals surface area (Å²) in [6, 6.07) is 0. The number of hydrogen-bond donors (Lipinski definition) is 1. The van der Waals surface area contributed by atoms with Gasteiger partial charge in [0.2, 0.25) is 0 Å². The third kappa shape index (κ3) is 2.51. The van der Waals surface area contributed by atoms with Gasteiger partial charge in [-0.15, -0.1) is 0 Å². The second kappa shape index (κ2) is 4.67. The van der Waals surface area contributed by atoms with Gasteiger partial charge in [0.15, 0.2) is 5.79 Å². The number of aliphatic hydroxyl groups excluding tert-OH is 1. The Balaban J connectivity index is 0.000000845. The van der Waals surface area contributed by atoms with Crippen molar-refractivity contribution >= 4 is 0 Å². The van der Waals surface area contributed by atoms with Crippen molar-refractivity contribution in [3.63, 3.8) is 0 Å². The molecule has 0 aromatic rings. The van der Waals surface area contributed by atoms with Gasteiger partial charge in [-0.1, -0.05) is 6.92 Å². The van der Waals surface area contributed by atoms with E-state index >= 15 is 0 Å². The molecule has 0 aromatic carbocycles. The first-order chi connectivity index (χ1) is 5.72. The number of ether oxygens (including phenoxy) is 2. The van der Waals surface area contributed by atoms with E-state index in [1.807, 2.05) is 0 Å². The molecule has 4 heteroatoms. The number of hydrogen-bond acceptors (Lipinski definition) is 3. The van der Waals surface area contributed by atoms with E-state index < -0.39 is 5.79 Å². The van der Waals surface area contributed by atoms with Gasteiger partial charge in [0.25, 0.3) is 0 Å². The number of rotatable bonds is 0. The van der Waals surface area contributed by atoms with E-state index in [0.29, 0.717) is 25.6 Å². The van der Waals surface area contributed by atoms with Gasteiger partial charge < -0.3 is 14.6 Å². The van der Waals surface area contributed by atoms with Crippen molar-refractivity contribution in [1.29, 1.82) is 0 Å². The van der Waals surface area contributed by atoms with Crippen LogP contribution in [0.1, 0.15) is 26.2 Å². The van der Waals surface area contributed by atoms with Crippen LogP contribution in [0.2, 0.25) is 0 Å². The van der Waals surface area contributed by atoms with E-state index in [2.05, 4.69) is 6.92 Å². The molecule has 1 aliphatic heterocycles. The van der Waals surface area contributed by atoms with Crippen LogP contribution in [0.4, 0.5) is 0 Å². The summed E-state index contributed by atoms with van der Waals surface area (Å²) in [7, 11) is 0. The van der Waals surface area contributed by atoms with Crippen LogP contribution in [0.15, 0.2) is 0 Å². The molecule has 2 unspecified atom stereocenters. The fraction of sp³-hybridized carbons (Fsp3) is 1.00. The Morgan fingerprint density at radius 1 is 1.31 bits per heavy atom. The van der Waals surface area contributed by atoms with Crippen LogP contribution >= 0.6 is 0 Å². The molecule has 1 radical (unpaired) electrons. The van der Waals surface area contributed by atoms with E-state index in [-0.39, 0.29) is 38.8 Å². The summed E-state index contributed by atoms with van der Waals surface area (Å²) in [5.74, 6) is -0.0326. The molecule has 1 N–H and O–H groups in total. The zero-order valence-electron chi connectivity index (χ0n) is 8.03. The summed E-state index contributed by atoms with van der Waals surface area (Å²) in [5.41, 5.74) is 0. The maximum atomic E-state index is 9.64. The summed E-state index contributed by atoms with van der Waals surface area (Å²) in [6.45, 7) is 3.44. The Hall–Kier alpha value is 0.984. The molecule has 73 valence electrons. The molecule has 0 bridgehead atoms. The molecule has 0 amide bonds. The SMILES string of the molecule is CC1CCC2(CC1O)OCCO2.[Y]. The molecule has 2 atom stereocenters. The van der Waals surface area contributed by atoms with Crippen LogP contribution in [0.25, 0.3) is 0 Å². The Morgan fingerprint density at radius 3 is 2.46 bits per heavy atom. The second-order valence-corrected chi connectivity index (χ2v) is 3.90. The molecule has 2 rings (SSSR count). The zero-order chi connectivity index (χ0) is 8.60. The first-order valence-electron chi connectivity index (χ1n) is 4.68. The van der Waals surface area contributed by atoms with Crippen molar-refractivity contribution in [2.75, 3.05) is 13.2 Å². The van der Waals surface area contributed by atoms with E-state index in [1.54, 1.807) is 0 Å². The summed E-state index contributed by atoms with van der Waals surface area (Å²) in [5, 5.41) is 9.64. The van der Waals surface area contributed by atoms with Crippen LogP contribution in [0.5, 0.6) is 0 Å². The average Bonchev–Trinajstić information content (AvgIpc) is 2.47. The second-order valence-electron chi connectivity index (χ2n) is 3.90. The average molecular weight is 261 g/mol. The van der Waals surface area contributed by atoms with E-state index in [0.717, 1.165) is 12.8 Å². The van der Waals surface area contributed by atoms with E-state index in [9.17, 15) is 5.11 Å². The maximum absolute atomic E-state index is 9.64. The van der Waals surface area contributed by atoms with Gasteiger partial charge in [0, 0.05) is 45.6 Å². The molecule has 0 aromatic heterocycles. The quantitative estimate of drug-likeness (QED) is 0.704. The van der Waals surface area contributed by atoms with Gasteiger partial charge in [-0.2, -0.15) is 0 Å². The van der Waals surface area contributed by atoms with Crippen LogP contribution in [-0.4, -0.2) is 30.2 Å². The van der Waals surface area contributed by atoms with Crippen molar-refractivity contribution in [2.24, 2.45) is 5.92 Å². The molecule has 1 spiro atoms. The first-order valence-corrected chi connectivity index (χ1v) is 4.68. The number of aliphatic hydroxyl groups is 1. The largest absolute Gasteiger partial charge is 0.393 e.